The molecule has 0 amide bonds. The SMILES string of the molecule is CCCCCCCCCCCCCCCCNc1ncnc(OC(C)C)c1N. The van der Waals surface area contributed by atoms with Gasteiger partial charge < -0.3 is 15.8 Å². The van der Waals surface area contributed by atoms with Gasteiger partial charge in [-0.05, 0) is 20.3 Å². The summed E-state index contributed by atoms with van der Waals surface area (Å²) in [7, 11) is 0. The molecular weight excluding hydrogens is 348 g/mol. The van der Waals surface area contributed by atoms with Crippen molar-refractivity contribution in [2.45, 2.75) is 117 Å². The summed E-state index contributed by atoms with van der Waals surface area (Å²) in [5, 5.41) is 3.31. The number of aromatic nitrogens is 2. The topological polar surface area (TPSA) is 73.1 Å². The van der Waals surface area contributed by atoms with Crippen LogP contribution in [-0.4, -0.2) is 22.6 Å². The highest BCUT2D eigenvalue weighted by molar-refractivity contribution is 5.66. The van der Waals surface area contributed by atoms with Gasteiger partial charge in [-0.1, -0.05) is 90.4 Å². The van der Waals surface area contributed by atoms with Crippen LogP contribution >= 0.6 is 0 Å². The lowest BCUT2D eigenvalue weighted by Crippen LogP contribution is -2.12. The number of hydrogen-bond donors (Lipinski definition) is 2. The van der Waals surface area contributed by atoms with Gasteiger partial charge in [0, 0.05) is 6.54 Å². The molecule has 162 valence electrons. The molecule has 1 aromatic heterocycles. The van der Waals surface area contributed by atoms with Crippen LogP contribution in [0.3, 0.4) is 0 Å². The second-order valence-corrected chi connectivity index (χ2v) is 8.13. The Bertz CT molecular complexity index is 493. The van der Waals surface area contributed by atoms with Crippen LogP contribution in [0.4, 0.5) is 11.5 Å². The summed E-state index contributed by atoms with van der Waals surface area (Å²) in [6, 6.07) is 0. The van der Waals surface area contributed by atoms with E-state index in [1.165, 1.54) is 89.8 Å². The lowest BCUT2D eigenvalue weighted by Gasteiger charge is -2.13. The molecule has 1 aromatic rings. The Morgan fingerprint density at radius 1 is 0.821 bits per heavy atom. The third-order valence-electron chi connectivity index (χ3n) is 5.02. The Labute approximate surface area is 173 Å². The Balaban J connectivity index is 1.94. The predicted octanol–water partition coefficient (Wildman–Crippen LogP) is 6.74. The highest BCUT2D eigenvalue weighted by Crippen LogP contribution is 2.25. The summed E-state index contributed by atoms with van der Waals surface area (Å²) in [5.41, 5.74) is 6.58. The minimum atomic E-state index is 0.0517. The van der Waals surface area contributed by atoms with E-state index in [2.05, 4.69) is 22.2 Å². The Hall–Kier alpha value is -1.52. The molecule has 0 saturated heterocycles. The maximum atomic E-state index is 6.08. The van der Waals surface area contributed by atoms with Crippen LogP contribution in [0.25, 0.3) is 0 Å². The van der Waals surface area contributed by atoms with Gasteiger partial charge in [-0.3, -0.25) is 0 Å². The van der Waals surface area contributed by atoms with Crippen LogP contribution in [-0.2, 0) is 0 Å². The molecule has 0 atom stereocenters. The standard InChI is InChI=1S/C23H44N4O/c1-4-5-6-7-8-9-10-11-12-13-14-15-16-17-18-25-22-21(24)23(27-19-26-22)28-20(2)3/h19-20H,4-18,24H2,1-3H3,(H,25,26,27). The average molecular weight is 393 g/mol. The van der Waals surface area contributed by atoms with Crippen molar-refractivity contribution in [3.8, 4) is 5.88 Å². The minimum absolute atomic E-state index is 0.0517. The van der Waals surface area contributed by atoms with Crippen LogP contribution in [0.15, 0.2) is 6.33 Å². The average Bonchev–Trinajstić information content (AvgIpc) is 2.67. The number of anilines is 2. The fraction of sp³-hybridized carbons (Fsp3) is 0.826. The van der Waals surface area contributed by atoms with Gasteiger partial charge in [0.1, 0.15) is 12.0 Å². The number of nitrogen functional groups attached to an aromatic ring is 1. The molecule has 0 aromatic carbocycles. The smallest absolute Gasteiger partial charge is 0.242 e. The molecule has 5 heteroatoms. The Morgan fingerprint density at radius 2 is 1.32 bits per heavy atom. The lowest BCUT2D eigenvalue weighted by atomic mass is 10.0. The van der Waals surface area contributed by atoms with Gasteiger partial charge in [0.2, 0.25) is 5.88 Å². The number of unbranched alkanes of at least 4 members (excludes halogenated alkanes) is 13. The molecular formula is C23H44N4O. The summed E-state index contributed by atoms with van der Waals surface area (Å²) in [6.45, 7) is 7.09. The van der Waals surface area contributed by atoms with Crippen LogP contribution in [0.1, 0.15) is 111 Å². The molecule has 28 heavy (non-hydrogen) atoms. The highest BCUT2D eigenvalue weighted by atomic mass is 16.5. The number of ether oxygens (including phenoxy) is 1. The van der Waals surface area contributed by atoms with Crippen LogP contribution in [0.5, 0.6) is 5.88 Å². The van der Waals surface area contributed by atoms with Crippen molar-refractivity contribution in [2.24, 2.45) is 0 Å². The molecule has 0 unspecified atom stereocenters. The van der Waals surface area contributed by atoms with Gasteiger partial charge in [0.05, 0.1) is 6.10 Å². The van der Waals surface area contributed by atoms with Gasteiger partial charge in [0.15, 0.2) is 5.82 Å². The number of nitrogens with two attached hydrogens (primary N) is 1. The summed E-state index contributed by atoms with van der Waals surface area (Å²) in [5.74, 6) is 1.15. The minimum Gasteiger partial charge on any atom is -0.473 e. The number of rotatable bonds is 18. The quantitative estimate of drug-likeness (QED) is 0.271. The fourth-order valence-corrected chi connectivity index (χ4v) is 3.36. The maximum absolute atomic E-state index is 6.08. The third-order valence-corrected chi connectivity index (χ3v) is 5.02. The zero-order valence-corrected chi connectivity index (χ0v) is 18.6. The van der Waals surface area contributed by atoms with Gasteiger partial charge in [0.25, 0.3) is 0 Å². The first-order valence-electron chi connectivity index (χ1n) is 11.7. The van der Waals surface area contributed by atoms with E-state index < -0.39 is 0 Å². The lowest BCUT2D eigenvalue weighted by molar-refractivity contribution is 0.234. The maximum Gasteiger partial charge on any atom is 0.242 e. The molecule has 0 fully saturated rings. The zero-order valence-electron chi connectivity index (χ0n) is 18.6. The molecule has 0 saturated carbocycles. The van der Waals surface area contributed by atoms with Crippen molar-refractivity contribution in [2.75, 3.05) is 17.6 Å². The molecule has 0 bridgehead atoms. The van der Waals surface area contributed by atoms with Crippen molar-refractivity contribution in [3.63, 3.8) is 0 Å². The van der Waals surface area contributed by atoms with E-state index in [4.69, 9.17) is 10.5 Å². The first-order chi connectivity index (χ1) is 13.6. The van der Waals surface area contributed by atoms with Gasteiger partial charge >= 0.3 is 0 Å². The molecule has 0 spiro atoms. The molecule has 3 N–H and O–H groups in total. The van der Waals surface area contributed by atoms with Crippen molar-refractivity contribution in [3.05, 3.63) is 6.33 Å². The zero-order chi connectivity index (χ0) is 20.5. The molecule has 0 aliphatic rings. The van der Waals surface area contributed by atoms with E-state index in [1.807, 2.05) is 13.8 Å². The second kappa shape index (κ2) is 16.4. The van der Waals surface area contributed by atoms with E-state index in [1.54, 1.807) is 0 Å². The molecule has 0 aliphatic carbocycles. The van der Waals surface area contributed by atoms with Crippen molar-refractivity contribution < 1.29 is 4.74 Å². The van der Waals surface area contributed by atoms with E-state index in [9.17, 15) is 0 Å². The van der Waals surface area contributed by atoms with Gasteiger partial charge in [-0.15, -0.1) is 0 Å². The normalized spacial score (nSPS) is 11.1. The van der Waals surface area contributed by atoms with Crippen LogP contribution < -0.4 is 15.8 Å². The number of nitrogens with one attached hydrogen (secondary N) is 1. The van der Waals surface area contributed by atoms with E-state index in [0.717, 1.165) is 13.0 Å². The monoisotopic (exact) mass is 392 g/mol. The molecule has 5 nitrogen and oxygen atoms in total. The summed E-state index contributed by atoms with van der Waals surface area (Å²) >= 11 is 0. The highest BCUT2D eigenvalue weighted by Gasteiger charge is 2.10. The molecule has 0 aliphatic heterocycles. The van der Waals surface area contributed by atoms with Crippen LogP contribution in [0, 0.1) is 0 Å². The Kier molecular flexibility index (Phi) is 14.4. The molecule has 1 heterocycles. The van der Waals surface area contributed by atoms with Crippen molar-refractivity contribution in [1.82, 2.24) is 9.97 Å². The van der Waals surface area contributed by atoms with Crippen LogP contribution in [0.2, 0.25) is 0 Å². The largest absolute Gasteiger partial charge is 0.473 e. The summed E-state index contributed by atoms with van der Waals surface area (Å²) in [4.78, 5) is 8.32. The van der Waals surface area contributed by atoms with Gasteiger partial charge in [-0.2, -0.15) is 4.98 Å². The van der Waals surface area contributed by atoms with Gasteiger partial charge in [-0.25, -0.2) is 4.98 Å². The summed E-state index contributed by atoms with van der Waals surface area (Å²) < 4.78 is 5.60. The Morgan fingerprint density at radius 3 is 1.82 bits per heavy atom. The van der Waals surface area contributed by atoms with E-state index in [0.29, 0.717) is 17.4 Å². The van der Waals surface area contributed by atoms with Crippen molar-refractivity contribution >= 4 is 11.5 Å². The first-order valence-corrected chi connectivity index (χ1v) is 11.7. The first kappa shape index (κ1) is 24.5. The molecule has 0 radical (unpaired) electrons. The third kappa shape index (κ3) is 12.0. The predicted molar refractivity (Wildman–Crippen MR) is 121 cm³/mol. The number of nitrogens with zero attached hydrogens (tertiary/aromatic N) is 2. The molecule has 1 rings (SSSR count). The number of hydrogen-bond acceptors (Lipinski definition) is 5. The van der Waals surface area contributed by atoms with E-state index >= 15 is 0 Å². The van der Waals surface area contributed by atoms with E-state index in [-0.39, 0.29) is 6.10 Å². The summed E-state index contributed by atoms with van der Waals surface area (Å²) in [6.07, 6.45) is 20.8. The van der Waals surface area contributed by atoms with Crippen molar-refractivity contribution in [1.29, 1.82) is 0 Å². The second-order valence-electron chi connectivity index (χ2n) is 8.13. The fourth-order valence-electron chi connectivity index (χ4n) is 3.36.